The summed E-state index contributed by atoms with van der Waals surface area (Å²) in [7, 11) is 0. The molecular weight excluding hydrogens is 216 g/mol. The lowest BCUT2D eigenvalue weighted by Crippen LogP contribution is -2.20. The molecule has 14 heavy (non-hydrogen) atoms. The third kappa shape index (κ3) is 1.86. The highest BCUT2D eigenvalue weighted by atomic mass is 35.5. The molecule has 0 aliphatic heterocycles. The van der Waals surface area contributed by atoms with Gasteiger partial charge in [0.05, 0.1) is 5.02 Å². The average Bonchev–Trinajstić information content (AvgIpc) is 2.56. The number of hydrogen-bond acceptors (Lipinski definition) is 2. The number of thiophene rings is 1. The fourth-order valence-electron chi connectivity index (χ4n) is 2.06. The van der Waals surface area contributed by atoms with Crippen molar-refractivity contribution in [2.75, 3.05) is 0 Å². The quantitative estimate of drug-likeness (QED) is 0.713. The zero-order valence-corrected chi connectivity index (χ0v) is 9.70. The second-order valence-electron chi connectivity index (χ2n) is 4.00. The van der Waals surface area contributed by atoms with Crippen molar-refractivity contribution >= 4 is 28.7 Å². The Hall–Kier alpha value is -0.340. The van der Waals surface area contributed by atoms with Crippen LogP contribution in [0.3, 0.4) is 0 Å². The van der Waals surface area contributed by atoms with Gasteiger partial charge < -0.3 is 0 Å². The van der Waals surface area contributed by atoms with Crippen molar-refractivity contribution in [1.82, 2.24) is 0 Å². The van der Waals surface area contributed by atoms with Gasteiger partial charge in [-0.05, 0) is 23.8 Å². The smallest absolute Gasteiger partial charge is 0.133 e. The van der Waals surface area contributed by atoms with Gasteiger partial charge in [0, 0.05) is 23.6 Å². The lowest BCUT2D eigenvalue weighted by molar-refractivity contribution is -0.121. The maximum Gasteiger partial charge on any atom is 0.133 e. The maximum absolute atomic E-state index is 11.4. The van der Waals surface area contributed by atoms with Crippen LogP contribution in [-0.4, -0.2) is 5.78 Å². The van der Waals surface area contributed by atoms with Crippen LogP contribution in [0.2, 0.25) is 5.02 Å². The van der Waals surface area contributed by atoms with E-state index in [1.54, 1.807) is 11.3 Å². The zero-order chi connectivity index (χ0) is 10.1. The molecule has 0 saturated heterocycles. The molecular formula is C11H13ClOS. The second kappa shape index (κ2) is 4.03. The highest BCUT2D eigenvalue weighted by molar-refractivity contribution is 7.10. The molecule has 1 aliphatic carbocycles. The largest absolute Gasteiger partial charge is 0.300 e. The molecule has 1 aromatic heterocycles. The zero-order valence-electron chi connectivity index (χ0n) is 8.13. The van der Waals surface area contributed by atoms with Crippen molar-refractivity contribution in [2.45, 2.75) is 32.1 Å². The third-order valence-electron chi connectivity index (χ3n) is 2.99. The van der Waals surface area contributed by atoms with Crippen molar-refractivity contribution < 1.29 is 4.79 Å². The lowest BCUT2D eigenvalue weighted by atomic mass is 9.79. The van der Waals surface area contributed by atoms with Crippen LogP contribution in [0, 0.1) is 5.92 Å². The molecule has 2 unspecified atom stereocenters. The Morgan fingerprint density at radius 1 is 1.57 bits per heavy atom. The number of Topliss-reactive ketones (excluding diaryl/α,β-unsaturated/α-hetero) is 1. The van der Waals surface area contributed by atoms with Gasteiger partial charge in [-0.2, -0.15) is 0 Å². The fraction of sp³-hybridized carbons (Fsp3) is 0.545. The van der Waals surface area contributed by atoms with E-state index in [4.69, 9.17) is 11.6 Å². The molecule has 0 spiro atoms. The molecule has 0 amide bonds. The molecule has 2 atom stereocenters. The van der Waals surface area contributed by atoms with Crippen molar-refractivity contribution in [3.63, 3.8) is 0 Å². The first-order chi connectivity index (χ1) is 6.68. The van der Waals surface area contributed by atoms with Crippen LogP contribution >= 0.6 is 22.9 Å². The molecule has 2 rings (SSSR count). The van der Waals surface area contributed by atoms with Crippen LogP contribution in [0.5, 0.6) is 0 Å². The molecule has 1 heterocycles. The second-order valence-corrected chi connectivity index (χ2v) is 5.35. The van der Waals surface area contributed by atoms with E-state index >= 15 is 0 Å². The van der Waals surface area contributed by atoms with Crippen LogP contribution in [0.25, 0.3) is 0 Å². The molecule has 0 aromatic carbocycles. The Bertz CT molecular complexity index is 345. The van der Waals surface area contributed by atoms with Gasteiger partial charge in [0.2, 0.25) is 0 Å². The highest BCUT2D eigenvalue weighted by Gasteiger charge is 2.29. The normalized spacial score (nSPS) is 28.0. The minimum absolute atomic E-state index is 0.365. The Kier molecular flexibility index (Phi) is 2.93. The first kappa shape index (κ1) is 10.2. The summed E-state index contributed by atoms with van der Waals surface area (Å²) in [6.07, 6.45) is 2.44. The summed E-state index contributed by atoms with van der Waals surface area (Å²) in [6, 6.07) is 1.92. The van der Waals surface area contributed by atoms with E-state index in [1.165, 1.54) is 4.88 Å². The monoisotopic (exact) mass is 228 g/mol. The Balaban J connectivity index is 2.24. The first-order valence-electron chi connectivity index (χ1n) is 4.93. The summed E-state index contributed by atoms with van der Waals surface area (Å²) in [5, 5.41) is 2.84. The molecule has 1 nitrogen and oxygen atoms in total. The average molecular weight is 229 g/mol. The van der Waals surface area contributed by atoms with E-state index < -0.39 is 0 Å². The van der Waals surface area contributed by atoms with Crippen molar-refractivity contribution in [2.24, 2.45) is 5.92 Å². The number of rotatable bonds is 1. The first-order valence-corrected chi connectivity index (χ1v) is 6.19. The Morgan fingerprint density at radius 2 is 2.36 bits per heavy atom. The van der Waals surface area contributed by atoms with Gasteiger partial charge in [-0.15, -0.1) is 11.3 Å². The van der Waals surface area contributed by atoms with E-state index in [-0.39, 0.29) is 0 Å². The molecule has 3 heteroatoms. The van der Waals surface area contributed by atoms with Gasteiger partial charge in [-0.1, -0.05) is 18.5 Å². The van der Waals surface area contributed by atoms with Crippen molar-refractivity contribution in [3.05, 3.63) is 21.3 Å². The maximum atomic E-state index is 11.4. The number of halogens is 1. The number of hydrogen-bond donors (Lipinski definition) is 0. The Labute approximate surface area is 93.1 Å². The summed E-state index contributed by atoms with van der Waals surface area (Å²) in [5.74, 6) is 1.34. The van der Waals surface area contributed by atoms with E-state index in [2.05, 4.69) is 6.92 Å². The molecule has 0 bridgehead atoms. The molecule has 1 aromatic rings. The third-order valence-corrected chi connectivity index (χ3v) is 4.48. The number of carbonyl (C=O) groups is 1. The fourth-order valence-corrected chi connectivity index (χ4v) is 3.49. The van der Waals surface area contributed by atoms with Crippen LogP contribution in [-0.2, 0) is 4.79 Å². The van der Waals surface area contributed by atoms with Gasteiger partial charge in [-0.25, -0.2) is 0 Å². The molecule has 1 aliphatic rings. The summed E-state index contributed by atoms with van der Waals surface area (Å²) in [4.78, 5) is 12.6. The van der Waals surface area contributed by atoms with Crippen LogP contribution < -0.4 is 0 Å². The molecule has 76 valence electrons. The molecule has 1 fully saturated rings. The predicted molar refractivity (Wildman–Crippen MR) is 60.1 cm³/mol. The standard InChI is InChI=1S/C11H13ClOS/c1-7-2-3-8(13)6-9(7)11-10(12)4-5-14-11/h4-5,7,9H,2-3,6H2,1H3. The highest BCUT2D eigenvalue weighted by Crippen LogP contribution is 2.41. The summed E-state index contributed by atoms with van der Waals surface area (Å²) in [6.45, 7) is 2.22. The molecule has 0 radical (unpaired) electrons. The molecule has 1 saturated carbocycles. The van der Waals surface area contributed by atoms with E-state index in [9.17, 15) is 4.79 Å². The SMILES string of the molecule is CC1CCC(=O)CC1c1sccc1Cl. The van der Waals surface area contributed by atoms with Gasteiger partial charge in [0.25, 0.3) is 0 Å². The van der Waals surface area contributed by atoms with Gasteiger partial charge in [-0.3, -0.25) is 4.79 Å². The van der Waals surface area contributed by atoms with E-state index in [0.29, 0.717) is 24.0 Å². The van der Waals surface area contributed by atoms with Crippen LogP contribution in [0.4, 0.5) is 0 Å². The summed E-state index contributed by atoms with van der Waals surface area (Å²) >= 11 is 7.76. The summed E-state index contributed by atoms with van der Waals surface area (Å²) in [5.41, 5.74) is 0. The Morgan fingerprint density at radius 3 is 3.00 bits per heavy atom. The van der Waals surface area contributed by atoms with Crippen LogP contribution in [0.15, 0.2) is 11.4 Å². The van der Waals surface area contributed by atoms with Crippen molar-refractivity contribution in [3.8, 4) is 0 Å². The minimum Gasteiger partial charge on any atom is -0.300 e. The number of carbonyl (C=O) groups excluding carboxylic acids is 1. The topological polar surface area (TPSA) is 17.1 Å². The lowest BCUT2D eigenvalue weighted by Gasteiger charge is -2.27. The van der Waals surface area contributed by atoms with Crippen LogP contribution in [0.1, 0.15) is 37.0 Å². The van der Waals surface area contributed by atoms with E-state index in [0.717, 1.165) is 17.9 Å². The number of ketones is 1. The van der Waals surface area contributed by atoms with E-state index in [1.807, 2.05) is 11.4 Å². The van der Waals surface area contributed by atoms with Crippen molar-refractivity contribution in [1.29, 1.82) is 0 Å². The van der Waals surface area contributed by atoms with Gasteiger partial charge >= 0.3 is 0 Å². The summed E-state index contributed by atoms with van der Waals surface area (Å²) < 4.78 is 0. The molecule has 0 N–H and O–H groups in total. The van der Waals surface area contributed by atoms with Gasteiger partial charge in [0.15, 0.2) is 0 Å². The predicted octanol–water partition coefficient (Wildman–Crippen LogP) is 3.87. The minimum atomic E-state index is 0.365. The van der Waals surface area contributed by atoms with Gasteiger partial charge in [0.1, 0.15) is 5.78 Å².